The summed E-state index contributed by atoms with van der Waals surface area (Å²) in [6.45, 7) is 3.03. The molecular formula is C15H22N2O3. The summed E-state index contributed by atoms with van der Waals surface area (Å²) in [6.07, 6.45) is 5.05. The van der Waals surface area contributed by atoms with E-state index in [1.165, 1.54) is 32.8 Å². The van der Waals surface area contributed by atoms with Gasteiger partial charge in [-0.25, -0.2) is 4.79 Å². The van der Waals surface area contributed by atoms with E-state index in [4.69, 9.17) is 4.42 Å². The van der Waals surface area contributed by atoms with Gasteiger partial charge in [0.05, 0.1) is 13.7 Å². The highest BCUT2D eigenvalue weighted by Crippen LogP contribution is 2.26. The third-order valence-corrected chi connectivity index (χ3v) is 4.38. The summed E-state index contributed by atoms with van der Waals surface area (Å²) >= 11 is 0. The number of hydrogen-bond donors (Lipinski definition) is 1. The Bertz CT molecular complexity index is 465. The lowest BCUT2D eigenvalue weighted by Crippen LogP contribution is -2.43. The van der Waals surface area contributed by atoms with Crippen molar-refractivity contribution in [3.05, 3.63) is 23.7 Å². The molecule has 0 bridgehead atoms. The molecule has 2 unspecified atom stereocenters. The summed E-state index contributed by atoms with van der Waals surface area (Å²) in [4.78, 5) is 13.9. The Morgan fingerprint density at radius 3 is 3.10 bits per heavy atom. The van der Waals surface area contributed by atoms with Crippen molar-refractivity contribution in [1.29, 1.82) is 0 Å². The van der Waals surface area contributed by atoms with Crippen molar-refractivity contribution < 1.29 is 13.9 Å². The minimum atomic E-state index is -0.410. The first kappa shape index (κ1) is 13.6. The van der Waals surface area contributed by atoms with Crippen molar-refractivity contribution in [2.45, 2.75) is 44.3 Å². The predicted octanol–water partition coefficient (Wildman–Crippen LogP) is 1.78. The summed E-state index contributed by atoms with van der Waals surface area (Å²) in [6, 6.07) is 4.79. The molecule has 0 radical (unpaired) electrons. The molecular weight excluding hydrogens is 256 g/mol. The van der Waals surface area contributed by atoms with Gasteiger partial charge in [0.15, 0.2) is 0 Å². The molecule has 0 spiro atoms. The van der Waals surface area contributed by atoms with Gasteiger partial charge in [0.2, 0.25) is 5.76 Å². The normalized spacial score (nSPS) is 27.1. The highest BCUT2D eigenvalue weighted by molar-refractivity contribution is 5.86. The molecule has 1 aromatic rings. The number of carbonyl (C=O) groups excluding carboxylic acids is 1. The maximum Gasteiger partial charge on any atom is 0.373 e. The highest BCUT2D eigenvalue weighted by atomic mass is 16.5. The van der Waals surface area contributed by atoms with E-state index in [0.717, 1.165) is 25.4 Å². The number of ether oxygens (including phenoxy) is 1. The standard InChI is InChI=1S/C15H22N2O3/c1-19-15(18)14-7-6-11(20-14)10-17-9-3-5-13(17)12-4-2-8-16-12/h6-7,12-13,16H,2-5,8-10H2,1H3. The first-order valence-corrected chi connectivity index (χ1v) is 7.42. The monoisotopic (exact) mass is 278 g/mol. The van der Waals surface area contributed by atoms with Gasteiger partial charge in [-0.05, 0) is 50.9 Å². The SMILES string of the molecule is COC(=O)c1ccc(CN2CCCC2C2CCCN2)o1. The lowest BCUT2D eigenvalue weighted by atomic mass is 10.0. The van der Waals surface area contributed by atoms with Crippen LogP contribution in [0.1, 0.15) is 42.0 Å². The van der Waals surface area contributed by atoms with Gasteiger partial charge in [0, 0.05) is 12.1 Å². The van der Waals surface area contributed by atoms with Gasteiger partial charge >= 0.3 is 5.97 Å². The molecule has 1 N–H and O–H groups in total. The molecule has 0 aromatic carbocycles. The Kier molecular flexibility index (Phi) is 4.08. The maximum absolute atomic E-state index is 11.4. The zero-order valence-corrected chi connectivity index (χ0v) is 11.9. The third kappa shape index (κ3) is 2.74. The number of furan rings is 1. The maximum atomic E-state index is 11.4. The molecule has 110 valence electrons. The van der Waals surface area contributed by atoms with Crippen LogP contribution in [0, 0.1) is 0 Å². The van der Waals surface area contributed by atoms with Crippen LogP contribution in [-0.2, 0) is 11.3 Å². The molecule has 2 atom stereocenters. The molecule has 5 nitrogen and oxygen atoms in total. The van der Waals surface area contributed by atoms with E-state index in [1.807, 2.05) is 6.07 Å². The minimum Gasteiger partial charge on any atom is -0.463 e. The molecule has 3 rings (SSSR count). The zero-order chi connectivity index (χ0) is 13.9. The van der Waals surface area contributed by atoms with Crippen LogP contribution in [0.3, 0.4) is 0 Å². The Labute approximate surface area is 119 Å². The quantitative estimate of drug-likeness (QED) is 0.851. The molecule has 20 heavy (non-hydrogen) atoms. The van der Waals surface area contributed by atoms with Crippen LogP contribution in [0.4, 0.5) is 0 Å². The van der Waals surface area contributed by atoms with E-state index in [0.29, 0.717) is 12.1 Å². The largest absolute Gasteiger partial charge is 0.463 e. The Hall–Kier alpha value is -1.33. The summed E-state index contributed by atoms with van der Waals surface area (Å²) in [7, 11) is 1.37. The summed E-state index contributed by atoms with van der Waals surface area (Å²) in [5.74, 6) is 0.721. The molecule has 0 amide bonds. The predicted molar refractivity (Wildman–Crippen MR) is 74.5 cm³/mol. The molecule has 2 saturated heterocycles. The van der Waals surface area contributed by atoms with Crippen molar-refractivity contribution >= 4 is 5.97 Å². The average Bonchev–Trinajstić information content (AvgIpc) is 3.18. The molecule has 5 heteroatoms. The molecule has 2 aliphatic rings. The summed E-state index contributed by atoms with van der Waals surface area (Å²) in [5.41, 5.74) is 0. The van der Waals surface area contributed by atoms with Crippen LogP contribution >= 0.6 is 0 Å². The van der Waals surface area contributed by atoms with Crippen molar-refractivity contribution in [1.82, 2.24) is 10.2 Å². The van der Waals surface area contributed by atoms with Gasteiger partial charge in [0.1, 0.15) is 5.76 Å². The van der Waals surface area contributed by atoms with E-state index in [-0.39, 0.29) is 5.76 Å². The molecule has 2 fully saturated rings. The van der Waals surface area contributed by atoms with Gasteiger partial charge < -0.3 is 14.5 Å². The first-order valence-electron chi connectivity index (χ1n) is 7.42. The van der Waals surface area contributed by atoms with Gasteiger partial charge in [-0.2, -0.15) is 0 Å². The van der Waals surface area contributed by atoms with Crippen molar-refractivity contribution in [2.24, 2.45) is 0 Å². The van der Waals surface area contributed by atoms with Gasteiger partial charge in [0.25, 0.3) is 0 Å². The van der Waals surface area contributed by atoms with Crippen LogP contribution in [0.2, 0.25) is 0 Å². The number of rotatable bonds is 4. The average molecular weight is 278 g/mol. The van der Waals surface area contributed by atoms with Gasteiger partial charge in [-0.3, -0.25) is 4.90 Å². The number of methoxy groups -OCH3 is 1. The fourth-order valence-electron chi connectivity index (χ4n) is 3.42. The van der Waals surface area contributed by atoms with E-state index in [9.17, 15) is 4.79 Å². The molecule has 2 aliphatic heterocycles. The zero-order valence-electron chi connectivity index (χ0n) is 11.9. The fourth-order valence-corrected chi connectivity index (χ4v) is 3.42. The number of nitrogens with zero attached hydrogens (tertiary/aromatic N) is 1. The number of likely N-dealkylation sites (tertiary alicyclic amines) is 1. The first-order chi connectivity index (χ1) is 9.78. The number of esters is 1. The van der Waals surface area contributed by atoms with Crippen molar-refractivity contribution in [3.8, 4) is 0 Å². The second-order valence-corrected chi connectivity index (χ2v) is 5.64. The molecule has 0 saturated carbocycles. The number of nitrogens with one attached hydrogen (secondary N) is 1. The summed E-state index contributed by atoms with van der Waals surface area (Å²) in [5, 5.41) is 3.60. The van der Waals surface area contributed by atoms with Crippen LogP contribution in [0.15, 0.2) is 16.5 Å². The molecule has 3 heterocycles. The van der Waals surface area contributed by atoms with Crippen LogP contribution < -0.4 is 5.32 Å². The summed E-state index contributed by atoms with van der Waals surface area (Å²) < 4.78 is 10.2. The van der Waals surface area contributed by atoms with E-state index < -0.39 is 5.97 Å². The second-order valence-electron chi connectivity index (χ2n) is 5.64. The smallest absolute Gasteiger partial charge is 0.373 e. The van der Waals surface area contributed by atoms with Gasteiger partial charge in [-0.15, -0.1) is 0 Å². The topological polar surface area (TPSA) is 54.7 Å². The minimum absolute atomic E-state index is 0.289. The lowest BCUT2D eigenvalue weighted by molar-refractivity contribution is 0.0560. The highest BCUT2D eigenvalue weighted by Gasteiger charge is 2.33. The third-order valence-electron chi connectivity index (χ3n) is 4.38. The number of carbonyl (C=O) groups is 1. The van der Waals surface area contributed by atoms with Crippen molar-refractivity contribution in [3.63, 3.8) is 0 Å². The number of hydrogen-bond acceptors (Lipinski definition) is 5. The van der Waals surface area contributed by atoms with Crippen LogP contribution in [-0.4, -0.2) is 43.2 Å². The van der Waals surface area contributed by atoms with E-state index in [1.54, 1.807) is 6.07 Å². The second kappa shape index (κ2) is 5.97. The van der Waals surface area contributed by atoms with Crippen LogP contribution in [0.5, 0.6) is 0 Å². The van der Waals surface area contributed by atoms with Crippen molar-refractivity contribution in [2.75, 3.05) is 20.2 Å². The van der Waals surface area contributed by atoms with Crippen LogP contribution in [0.25, 0.3) is 0 Å². The molecule has 1 aromatic heterocycles. The van der Waals surface area contributed by atoms with E-state index in [2.05, 4.69) is 15.0 Å². The molecule has 0 aliphatic carbocycles. The Balaban J connectivity index is 1.64. The fraction of sp³-hybridized carbons (Fsp3) is 0.667. The Morgan fingerprint density at radius 1 is 1.45 bits per heavy atom. The van der Waals surface area contributed by atoms with Gasteiger partial charge in [-0.1, -0.05) is 0 Å². The lowest BCUT2D eigenvalue weighted by Gasteiger charge is -2.28. The Morgan fingerprint density at radius 2 is 2.35 bits per heavy atom. The van der Waals surface area contributed by atoms with E-state index >= 15 is 0 Å².